The van der Waals surface area contributed by atoms with Crippen molar-refractivity contribution in [2.75, 3.05) is 6.61 Å². The van der Waals surface area contributed by atoms with Crippen molar-refractivity contribution in [3.8, 4) is 0 Å². The summed E-state index contributed by atoms with van der Waals surface area (Å²) in [7, 11) is 0. The summed E-state index contributed by atoms with van der Waals surface area (Å²) >= 11 is 0. The predicted molar refractivity (Wildman–Crippen MR) is 48.2 cm³/mol. The summed E-state index contributed by atoms with van der Waals surface area (Å²) in [6.45, 7) is -0.108. The van der Waals surface area contributed by atoms with E-state index >= 15 is 0 Å². The Morgan fingerprint density at radius 1 is 1.20 bits per heavy atom. The van der Waals surface area contributed by atoms with E-state index in [0.717, 1.165) is 25.7 Å². The number of ether oxygens (including phenoxy) is 1. The first-order valence-electron chi connectivity index (χ1n) is 5.24. The molecule has 0 aromatic carbocycles. The summed E-state index contributed by atoms with van der Waals surface area (Å²) in [5.74, 6) is -1.64. The number of rotatable bonds is 3. The van der Waals surface area contributed by atoms with Crippen LogP contribution in [0.4, 0.5) is 13.2 Å². The van der Waals surface area contributed by atoms with Crippen molar-refractivity contribution in [1.82, 2.24) is 0 Å². The Balaban J connectivity index is 2.12. The summed E-state index contributed by atoms with van der Waals surface area (Å²) in [4.78, 5) is 10.4. The number of carbonyl (C=O) groups excluding carboxylic acids is 1. The minimum absolute atomic E-state index is 0.108. The van der Waals surface area contributed by atoms with Crippen LogP contribution in [0, 0.1) is 5.92 Å². The Labute approximate surface area is 86.8 Å². The first kappa shape index (κ1) is 12.3. The van der Waals surface area contributed by atoms with Crippen molar-refractivity contribution < 1.29 is 22.7 Å². The van der Waals surface area contributed by atoms with Gasteiger partial charge in [-0.15, -0.1) is 0 Å². The van der Waals surface area contributed by atoms with Crippen LogP contribution in [-0.4, -0.2) is 18.8 Å². The number of alkyl halides is 3. The molecule has 5 heteroatoms. The highest BCUT2D eigenvalue weighted by Crippen LogP contribution is 2.26. The third-order valence-corrected chi connectivity index (χ3v) is 2.72. The van der Waals surface area contributed by atoms with Crippen molar-refractivity contribution in [3.05, 3.63) is 0 Å². The molecule has 2 nitrogen and oxygen atoms in total. The quantitative estimate of drug-likeness (QED) is 0.688. The molecule has 0 saturated heterocycles. The minimum Gasteiger partial charge on any atom is -0.459 e. The van der Waals surface area contributed by atoms with Gasteiger partial charge in [0, 0.05) is 0 Å². The maximum absolute atomic E-state index is 11.7. The van der Waals surface area contributed by atoms with Crippen molar-refractivity contribution in [1.29, 1.82) is 0 Å². The van der Waals surface area contributed by atoms with Crippen LogP contribution >= 0.6 is 0 Å². The lowest BCUT2D eigenvalue weighted by atomic mass is 9.87. The van der Waals surface area contributed by atoms with Gasteiger partial charge in [0.25, 0.3) is 0 Å². The molecule has 0 amide bonds. The Morgan fingerprint density at radius 3 is 2.33 bits per heavy atom. The van der Waals surface area contributed by atoms with E-state index in [1.54, 1.807) is 0 Å². The van der Waals surface area contributed by atoms with Gasteiger partial charge in [-0.3, -0.25) is 0 Å². The Bertz CT molecular complexity index is 207. The standard InChI is InChI=1S/C10H15F3O2/c11-10(12,13)9(14)15-7-6-8-4-2-1-3-5-8/h8H,1-7H2. The van der Waals surface area contributed by atoms with Crippen molar-refractivity contribution in [2.45, 2.75) is 44.7 Å². The molecule has 1 aliphatic rings. The molecule has 0 N–H and O–H groups in total. The molecule has 1 fully saturated rings. The van der Waals surface area contributed by atoms with E-state index in [0.29, 0.717) is 12.3 Å². The Morgan fingerprint density at radius 2 is 1.80 bits per heavy atom. The maximum Gasteiger partial charge on any atom is 0.490 e. The summed E-state index contributed by atoms with van der Waals surface area (Å²) in [5, 5.41) is 0. The van der Waals surface area contributed by atoms with Gasteiger partial charge in [0.2, 0.25) is 0 Å². The molecule has 1 rings (SSSR count). The van der Waals surface area contributed by atoms with Gasteiger partial charge in [0.15, 0.2) is 0 Å². The third-order valence-electron chi connectivity index (χ3n) is 2.72. The highest BCUT2D eigenvalue weighted by atomic mass is 19.4. The number of carbonyl (C=O) groups is 1. The molecular formula is C10H15F3O2. The number of halogens is 3. The lowest BCUT2D eigenvalue weighted by molar-refractivity contribution is -0.200. The Hall–Kier alpha value is -0.740. The van der Waals surface area contributed by atoms with Gasteiger partial charge in [0.1, 0.15) is 0 Å². The molecule has 0 unspecified atom stereocenters. The second kappa shape index (κ2) is 5.37. The van der Waals surface area contributed by atoms with Gasteiger partial charge < -0.3 is 4.74 Å². The van der Waals surface area contributed by atoms with Crippen LogP contribution in [0.5, 0.6) is 0 Å². The molecule has 0 spiro atoms. The average molecular weight is 224 g/mol. The topological polar surface area (TPSA) is 26.3 Å². The van der Waals surface area contributed by atoms with Crippen LogP contribution in [0.25, 0.3) is 0 Å². The zero-order valence-electron chi connectivity index (χ0n) is 8.48. The summed E-state index contributed by atoms with van der Waals surface area (Å²) < 4.78 is 39.4. The fourth-order valence-electron chi connectivity index (χ4n) is 1.88. The van der Waals surface area contributed by atoms with Crippen LogP contribution < -0.4 is 0 Å². The van der Waals surface area contributed by atoms with Crippen LogP contribution in [0.1, 0.15) is 38.5 Å². The zero-order valence-corrected chi connectivity index (χ0v) is 8.48. The molecule has 15 heavy (non-hydrogen) atoms. The van der Waals surface area contributed by atoms with E-state index in [1.165, 1.54) is 6.42 Å². The van der Waals surface area contributed by atoms with E-state index in [4.69, 9.17) is 0 Å². The average Bonchev–Trinajstić information content (AvgIpc) is 2.18. The number of hydrogen-bond acceptors (Lipinski definition) is 2. The SMILES string of the molecule is O=C(OCCC1CCCCC1)C(F)(F)F. The van der Waals surface area contributed by atoms with Gasteiger partial charge in [0.05, 0.1) is 6.61 Å². The van der Waals surface area contributed by atoms with Crippen LogP contribution in [-0.2, 0) is 9.53 Å². The van der Waals surface area contributed by atoms with Gasteiger partial charge in [-0.1, -0.05) is 32.1 Å². The summed E-state index contributed by atoms with van der Waals surface area (Å²) in [6, 6.07) is 0. The summed E-state index contributed by atoms with van der Waals surface area (Å²) in [6.07, 6.45) is 1.27. The van der Waals surface area contributed by atoms with Crippen molar-refractivity contribution in [2.24, 2.45) is 5.92 Å². The van der Waals surface area contributed by atoms with Crippen LogP contribution in [0.2, 0.25) is 0 Å². The smallest absolute Gasteiger partial charge is 0.459 e. The highest BCUT2D eigenvalue weighted by Gasteiger charge is 2.40. The monoisotopic (exact) mass is 224 g/mol. The highest BCUT2D eigenvalue weighted by molar-refractivity contribution is 5.75. The first-order chi connectivity index (χ1) is 7.00. The maximum atomic E-state index is 11.7. The number of hydrogen-bond donors (Lipinski definition) is 0. The van der Waals surface area contributed by atoms with E-state index in [-0.39, 0.29) is 6.61 Å². The molecule has 1 saturated carbocycles. The molecular weight excluding hydrogens is 209 g/mol. The third kappa shape index (κ3) is 4.53. The van der Waals surface area contributed by atoms with E-state index in [9.17, 15) is 18.0 Å². The van der Waals surface area contributed by atoms with E-state index < -0.39 is 12.1 Å². The molecule has 88 valence electrons. The second-order valence-electron chi connectivity index (χ2n) is 3.93. The van der Waals surface area contributed by atoms with Gasteiger partial charge in [-0.2, -0.15) is 13.2 Å². The molecule has 0 atom stereocenters. The van der Waals surface area contributed by atoms with Crippen molar-refractivity contribution >= 4 is 5.97 Å². The lowest BCUT2D eigenvalue weighted by Gasteiger charge is -2.21. The largest absolute Gasteiger partial charge is 0.490 e. The molecule has 0 aliphatic heterocycles. The second-order valence-corrected chi connectivity index (χ2v) is 3.93. The summed E-state index contributed by atoms with van der Waals surface area (Å²) in [5.41, 5.74) is 0. The molecule has 0 aromatic rings. The Kier molecular flexibility index (Phi) is 4.42. The fourth-order valence-corrected chi connectivity index (χ4v) is 1.88. The van der Waals surface area contributed by atoms with Crippen LogP contribution in [0.15, 0.2) is 0 Å². The van der Waals surface area contributed by atoms with E-state index in [2.05, 4.69) is 4.74 Å². The molecule has 0 heterocycles. The lowest BCUT2D eigenvalue weighted by Crippen LogP contribution is -2.26. The molecule has 0 bridgehead atoms. The van der Waals surface area contributed by atoms with Gasteiger partial charge in [-0.05, 0) is 12.3 Å². The molecule has 0 aromatic heterocycles. The first-order valence-corrected chi connectivity index (χ1v) is 5.24. The minimum atomic E-state index is -4.85. The normalized spacial score (nSPS) is 18.9. The fraction of sp³-hybridized carbons (Fsp3) is 0.900. The molecule has 0 radical (unpaired) electrons. The number of esters is 1. The predicted octanol–water partition coefficient (Wildman–Crippen LogP) is 3.06. The van der Waals surface area contributed by atoms with Crippen molar-refractivity contribution in [3.63, 3.8) is 0 Å². The van der Waals surface area contributed by atoms with E-state index in [1.807, 2.05) is 0 Å². The molecule has 1 aliphatic carbocycles. The zero-order chi connectivity index (χ0) is 11.3. The van der Waals surface area contributed by atoms with Gasteiger partial charge >= 0.3 is 12.1 Å². The van der Waals surface area contributed by atoms with Crippen LogP contribution in [0.3, 0.4) is 0 Å². The van der Waals surface area contributed by atoms with Gasteiger partial charge in [-0.25, -0.2) is 4.79 Å².